The molecule has 1 aliphatic rings. The van der Waals surface area contributed by atoms with E-state index in [-0.39, 0.29) is 24.2 Å². The van der Waals surface area contributed by atoms with Crippen molar-refractivity contribution in [3.63, 3.8) is 0 Å². The summed E-state index contributed by atoms with van der Waals surface area (Å²) in [5.74, 6) is -0.115. The molecule has 1 aromatic heterocycles. The number of anilines is 2. The molecule has 4 rings (SSSR count). The zero-order valence-corrected chi connectivity index (χ0v) is 18.0. The molecular weight excluding hydrogens is 420 g/mol. The topological polar surface area (TPSA) is 75.2 Å². The number of rotatable bonds is 6. The summed E-state index contributed by atoms with van der Waals surface area (Å²) in [6, 6.07) is 15.2. The van der Waals surface area contributed by atoms with Gasteiger partial charge in [0.1, 0.15) is 5.01 Å². The molecule has 0 saturated carbocycles. The number of hydrogen-bond acceptors (Lipinski definition) is 5. The third-order valence-electron chi connectivity index (χ3n) is 5.10. The Morgan fingerprint density at radius 3 is 2.53 bits per heavy atom. The van der Waals surface area contributed by atoms with Gasteiger partial charge >= 0.3 is 0 Å². The van der Waals surface area contributed by atoms with E-state index in [0.717, 1.165) is 22.7 Å². The summed E-state index contributed by atoms with van der Waals surface area (Å²) in [5.41, 5.74) is 3.01. The zero-order valence-electron chi connectivity index (χ0n) is 16.5. The van der Waals surface area contributed by atoms with Crippen molar-refractivity contribution >= 4 is 45.6 Å². The molecule has 1 saturated heterocycles. The fraction of sp³-hybridized carbons (Fsp3) is 0.273. The molecule has 0 aliphatic carbocycles. The third-order valence-corrected chi connectivity index (χ3v) is 6.35. The molecule has 2 heterocycles. The molecule has 3 aromatic rings. The van der Waals surface area contributed by atoms with E-state index in [9.17, 15) is 9.59 Å². The lowest BCUT2D eigenvalue weighted by molar-refractivity contribution is -0.117. The molecule has 2 aromatic carbocycles. The van der Waals surface area contributed by atoms with E-state index in [1.165, 1.54) is 16.9 Å². The number of benzene rings is 2. The average Bonchev–Trinajstić information content (AvgIpc) is 3.36. The van der Waals surface area contributed by atoms with E-state index in [1.807, 2.05) is 24.3 Å². The highest BCUT2D eigenvalue weighted by Crippen LogP contribution is 2.34. The second-order valence-electron chi connectivity index (χ2n) is 7.22. The summed E-state index contributed by atoms with van der Waals surface area (Å²) in [4.78, 5) is 26.6. The molecule has 6 nitrogen and oxygen atoms in total. The van der Waals surface area contributed by atoms with Gasteiger partial charge in [0.05, 0.1) is 6.42 Å². The lowest BCUT2D eigenvalue weighted by Gasteiger charge is -2.16. The smallest absolute Gasteiger partial charge is 0.230 e. The van der Waals surface area contributed by atoms with Crippen LogP contribution in [0.5, 0.6) is 0 Å². The minimum Gasteiger partial charge on any atom is -0.312 e. The van der Waals surface area contributed by atoms with E-state index < -0.39 is 0 Å². The summed E-state index contributed by atoms with van der Waals surface area (Å²) in [6.07, 6.45) is 1.59. The van der Waals surface area contributed by atoms with Crippen molar-refractivity contribution in [3.05, 3.63) is 69.7 Å². The number of carbonyl (C=O) groups excluding carboxylic acids is 2. The van der Waals surface area contributed by atoms with Gasteiger partial charge in [-0.1, -0.05) is 54.1 Å². The summed E-state index contributed by atoms with van der Waals surface area (Å²) < 4.78 is 0. The van der Waals surface area contributed by atoms with Crippen molar-refractivity contribution in [2.75, 3.05) is 16.8 Å². The Balaban J connectivity index is 1.38. The highest BCUT2D eigenvalue weighted by molar-refractivity contribution is 7.15. The second kappa shape index (κ2) is 8.93. The predicted octanol–water partition coefficient (Wildman–Crippen LogP) is 4.46. The van der Waals surface area contributed by atoms with Gasteiger partial charge in [0, 0.05) is 29.6 Å². The molecule has 0 radical (unpaired) electrons. The quantitative estimate of drug-likeness (QED) is 0.614. The Labute approximate surface area is 183 Å². The monoisotopic (exact) mass is 440 g/mol. The van der Waals surface area contributed by atoms with Gasteiger partial charge in [0.2, 0.25) is 16.9 Å². The lowest BCUT2D eigenvalue weighted by atomic mass is 10.1. The van der Waals surface area contributed by atoms with Crippen LogP contribution in [0.25, 0.3) is 0 Å². The lowest BCUT2D eigenvalue weighted by Crippen LogP contribution is -2.24. The third kappa shape index (κ3) is 4.68. The Bertz CT molecular complexity index is 1050. The van der Waals surface area contributed by atoms with Crippen molar-refractivity contribution in [2.45, 2.75) is 32.1 Å². The van der Waals surface area contributed by atoms with Gasteiger partial charge in [-0.05, 0) is 41.8 Å². The van der Waals surface area contributed by atoms with Crippen LogP contribution in [0.1, 0.15) is 35.4 Å². The number of aryl methyl sites for hydroxylation is 1. The van der Waals surface area contributed by atoms with E-state index >= 15 is 0 Å². The van der Waals surface area contributed by atoms with Crippen LogP contribution in [0.3, 0.4) is 0 Å². The Hall–Kier alpha value is -2.77. The van der Waals surface area contributed by atoms with Gasteiger partial charge in [-0.15, -0.1) is 10.2 Å². The highest BCUT2D eigenvalue weighted by atomic mass is 35.5. The van der Waals surface area contributed by atoms with Crippen LogP contribution in [0, 0.1) is 0 Å². The first-order valence-electron chi connectivity index (χ1n) is 9.79. The first-order valence-corrected chi connectivity index (χ1v) is 11.0. The van der Waals surface area contributed by atoms with Crippen LogP contribution in [0.2, 0.25) is 5.02 Å². The fourth-order valence-corrected chi connectivity index (χ4v) is 4.41. The maximum Gasteiger partial charge on any atom is 0.230 e. The maximum atomic E-state index is 12.5. The first kappa shape index (κ1) is 20.5. The van der Waals surface area contributed by atoms with Crippen molar-refractivity contribution in [2.24, 2.45) is 0 Å². The average molecular weight is 441 g/mol. The fourth-order valence-electron chi connectivity index (χ4n) is 3.44. The van der Waals surface area contributed by atoms with Gasteiger partial charge in [0.25, 0.3) is 0 Å². The van der Waals surface area contributed by atoms with Crippen molar-refractivity contribution in [1.82, 2.24) is 10.2 Å². The normalized spacial score (nSPS) is 16.1. The number of hydrogen-bond donors (Lipinski definition) is 1. The van der Waals surface area contributed by atoms with Gasteiger partial charge in [-0.25, -0.2) is 0 Å². The van der Waals surface area contributed by atoms with Gasteiger partial charge < -0.3 is 10.2 Å². The molecule has 0 bridgehead atoms. The van der Waals surface area contributed by atoms with Crippen LogP contribution in [0.15, 0.2) is 48.5 Å². The summed E-state index contributed by atoms with van der Waals surface area (Å²) in [5, 5.41) is 12.9. The molecule has 1 N–H and O–H groups in total. The molecule has 154 valence electrons. The van der Waals surface area contributed by atoms with Crippen LogP contribution in [-0.2, 0) is 22.4 Å². The first-order chi connectivity index (χ1) is 14.5. The number of carbonyl (C=O) groups is 2. The number of halogens is 1. The molecule has 1 fully saturated rings. The number of aromatic nitrogens is 2. The van der Waals surface area contributed by atoms with E-state index in [4.69, 9.17) is 11.6 Å². The Kier molecular flexibility index (Phi) is 6.11. The van der Waals surface area contributed by atoms with Gasteiger partial charge in [0.15, 0.2) is 0 Å². The van der Waals surface area contributed by atoms with Crippen LogP contribution < -0.4 is 10.2 Å². The van der Waals surface area contributed by atoms with Gasteiger partial charge in [-0.3, -0.25) is 9.59 Å². The van der Waals surface area contributed by atoms with Crippen molar-refractivity contribution in [3.8, 4) is 0 Å². The Morgan fingerprint density at radius 1 is 1.13 bits per heavy atom. The molecule has 0 unspecified atom stereocenters. The molecule has 0 spiro atoms. The standard InChI is InChI=1S/C22H21ClN4O2S/c1-2-14-5-9-18(10-6-14)27-13-16(12-20(27)29)21-25-26-22(30-21)24-19(28)11-15-3-7-17(23)8-4-15/h3-10,16H,2,11-13H2,1H3,(H,24,26,28)/t16-/m1/s1. The largest absolute Gasteiger partial charge is 0.312 e. The molecule has 1 atom stereocenters. The summed E-state index contributed by atoms with van der Waals surface area (Å²) in [7, 11) is 0. The molecule has 2 amide bonds. The molecular formula is C22H21ClN4O2S. The summed E-state index contributed by atoms with van der Waals surface area (Å²) >= 11 is 7.19. The number of nitrogens with one attached hydrogen (secondary N) is 1. The number of amides is 2. The van der Waals surface area contributed by atoms with Crippen molar-refractivity contribution < 1.29 is 9.59 Å². The van der Waals surface area contributed by atoms with Crippen molar-refractivity contribution in [1.29, 1.82) is 0 Å². The summed E-state index contributed by atoms with van der Waals surface area (Å²) in [6.45, 7) is 2.67. The van der Waals surface area contributed by atoms with Crippen LogP contribution >= 0.6 is 22.9 Å². The highest BCUT2D eigenvalue weighted by Gasteiger charge is 2.34. The van der Waals surface area contributed by atoms with Crippen LogP contribution in [0.4, 0.5) is 10.8 Å². The predicted molar refractivity (Wildman–Crippen MR) is 119 cm³/mol. The second-order valence-corrected chi connectivity index (χ2v) is 8.67. The van der Waals surface area contributed by atoms with E-state index in [0.29, 0.717) is 23.1 Å². The molecule has 1 aliphatic heterocycles. The van der Waals surface area contributed by atoms with E-state index in [2.05, 4.69) is 34.6 Å². The maximum absolute atomic E-state index is 12.5. The van der Waals surface area contributed by atoms with Crippen LogP contribution in [-0.4, -0.2) is 28.6 Å². The Morgan fingerprint density at radius 2 is 1.83 bits per heavy atom. The SMILES string of the molecule is CCc1ccc(N2C[C@H](c3nnc(NC(=O)Cc4ccc(Cl)cc4)s3)CC2=O)cc1. The minimum absolute atomic E-state index is 0.0252. The van der Waals surface area contributed by atoms with E-state index in [1.54, 1.807) is 17.0 Å². The minimum atomic E-state index is -0.167. The number of nitrogens with zero attached hydrogens (tertiary/aromatic N) is 3. The molecule has 8 heteroatoms. The van der Waals surface area contributed by atoms with Gasteiger partial charge in [-0.2, -0.15) is 0 Å². The zero-order chi connectivity index (χ0) is 21.1. The molecule has 30 heavy (non-hydrogen) atoms.